The Hall–Kier alpha value is -2.21. The third-order valence-corrected chi connectivity index (χ3v) is 4.35. The lowest BCUT2D eigenvalue weighted by atomic mass is 10.1. The molecule has 0 saturated carbocycles. The number of nitrogens with zero attached hydrogens (tertiary/aromatic N) is 3. The molecule has 1 aliphatic rings. The number of pyridine rings is 1. The summed E-state index contributed by atoms with van der Waals surface area (Å²) in [6.07, 6.45) is 3.22. The quantitative estimate of drug-likeness (QED) is 0.812. The average molecular weight is 374 g/mol. The van der Waals surface area contributed by atoms with Gasteiger partial charge in [-0.25, -0.2) is 0 Å². The minimum absolute atomic E-state index is 0.00214. The van der Waals surface area contributed by atoms with Gasteiger partial charge in [0.1, 0.15) is 0 Å². The van der Waals surface area contributed by atoms with E-state index in [1.807, 2.05) is 24.3 Å². The summed E-state index contributed by atoms with van der Waals surface area (Å²) >= 11 is 3.38. The lowest BCUT2D eigenvalue weighted by Gasteiger charge is -2.34. The Labute approximate surface area is 143 Å². The van der Waals surface area contributed by atoms with Crippen molar-refractivity contribution in [1.82, 2.24) is 14.8 Å². The van der Waals surface area contributed by atoms with Gasteiger partial charge in [0.05, 0.1) is 0 Å². The van der Waals surface area contributed by atoms with Crippen LogP contribution in [0.15, 0.2) is 53.3 Å². The highest BCUT2D eigenvalue weighted by molar-refractivity contribution is 9.10. The molecule has 0 N–H and O–H groups in total. The van der Waals surface area contributed by atoms with Crippen molar-refractivity contribution in [3.63, 3.8) is 0 Å². The minimum Gasteiger partial charge on any atom is -0.335 e. The second kappa shape index (κ2) is 6.91. The summed E-state index contributed by atoms with van der Waals surface area (Å²) in [4.78, 5) is 32.4. The standard InChI is InChI=1S/C17H16BrN3O2/c18-15-3-1-2-14(12-15)17(23)21-10-8-20(9-11-21)16(22)13-4-6-19-7-5-13/h1-7,12H,8-11H2. The van der Waals surface area contributed by atoms with E-state index < -0.39 is 0 Å². The first-order valence-corrected chi connectivity index (χ1v) is 8.18. The molecule has 0 atom stereocenters. The Kier molecular flexibility index (Phi) is 4.71. The second-order valence-electron chi connectivity index (χ2n) is 5.33. The first-order valence-electron chi connectivity index (χ1n) is 7.39. The molecule has 6 heteroatoms. The maximum Gasteiger partial charge on any atom is 0.254 e. The van der Waals surface area contributed by atoms with E-state index in [2.05, 4.69) is 20.9 Å². The van der Waals surface area contributed by atoms with Crippen molar-refractivity contribution < 1.29 is 9.59 Å². The summed E-state index contributed by atoms with van der Waals surface area (Å²) in [7, 11) is 0. The van der Waals surface area contributed by atoms with Gasteiger partial charge in [-0.15, -0.1) is 0 Å². The number of benzene rings is 1. The Morgan fingerprint density at radius 2 is 1.43 bits per heavy atom. The highest BCUT2D eigenvalue weighted by Crippen LogP contribution is 2.15. The molecule has 2 aromatic rings. The van der Waals surface area contributed by atoms with Gasteiger partial charge in [0.15, 0.2) is 0 Å². The van der Waals surface area contributed by atoms with Crippen LogP contribution in [0.2, 0.25) is 0 Å². The zero-order valence-electron chi connectivity index (χ0n) is 12.5. The fourth-order valence-electron chi connectivity index (χ4n) is 2.59. The molecule has 2 amide bonds. The van der Waals surface area contributed by atoms with E-state index in [1.165, 1.54) is 0 Å². The molecule has 3 rings (SSSR count). The summed E-state index contributed by atoms with van der Waals surface area (Å²) in [5.74, 6) is -0.00994. The van der Waals surface area contributed by atoms with Crippen molar-refractivity contribution in [2.24, 2.45) is 0 Å². The van der Waals surface area contributed by atoms with Crippen molar-refractivity contribution in [2.45, 2.75) is 0 Å². The van der Waals surface area contributed by atoms with Crippen LogP contribution < -0.4 is 0 Å². The number of carbonyl (C=O) groups is 2. The molecule has 2 heterocycles. The minimum atomic E-state index is -0.0121. The number of amides is 2. The van der Waals surface area contributed by atoms with E-state index in [0.717, 1.165) is 4.47 Å². The third-order valence-electron chi connectivity index (χ3n) is 3.85. The Bertz CT molecular complexity index is 713. The molecule has 0 aliphatic carbocycles. The number of carbonyl (C=O) groups excluding carboxylic acids is 2. The van der Waals surface area contributed by atoms with Crippen LogP contribution in [-0.2, 0) is 0 Å². The van der Waals surface area contributed by atoms with Crippen molar-refractivity contribution in [1.29, 1.82) is 0 Å². The largest absolute Gasteiger partial charge is 0.335 e. The molecule has 0 unspecified atom stereocenters. The van der Waals surface area contributed by atoms with Gasteiger partial charge in [0, 0.05) is 54.2 Å². The van der Waals surface area contributed by atoms with Crippen LogP contribution in [-0.4, -0.2) is 52.8 Å². The average Bonchev–Trinajstić information content (AvgIpc) is 2.61. The van der Waals surface area contributed by atoms with E-state index in [4.69, 9.17) is 0 Å². The first-order chi connectivity index (χ1) is 11.1. The topological polar surface area (TPSA) is 53.5 Å². The summed E-state index contributed by atoms with van der Waals surface area (Å²) in [5.41, 5.74) is 1.29. The maximum atomic E-state index is 12.5. The van der Waals surface area contributed by atoms with Gasteiger partial charge in [-0.3, -0.25) is 14.6 Å². The molecular weight excluding hydrogens is 358 g/mol. The third kappa shape index (κ3) is 3.59. The molecule has 0 radical (unpaired) electrons. The van der Waals surface area contributed by atoms with Crippen LogP contribution in [0.4, 0.5) is 0 Å². The lowest BCUT2D eigenvalue weighted by molar-refractivity contribution is 0.0535. The predicted octanol–water partition coefficient (Wildman–Crippen LogP) is 2.44. The van der Waals surface area contributed by atoms with E-state index in [-0.39, 0.29) is 11.8 Å². The molecule has 5 nitrogen and oxygen atoms in total. The highest BCUT2D eigenvalue weighted by atomic mass is 79.9. The lowest BCUT2D eigenvalue weighted by Crippen LogP contribution is -2.50. The monoisotopic (exact) mass is 373 g/mol. The van der Waals surface area contributed by atoms with Crippen molar-refractivity contribution in [2.75, 3.05) is 26.2 Å². The molecular formula is C17H16BrN3O2. The number of aromatic nitrogens is 1. The van der Waals surface area contributed by atoms with E-state index in [1.54, 1.807) is 34.3 Å². The number of hydrogen-bond donors (Lipinski definition) is 0. The molecule has 1 fully saturated rings. The molecule has 23 heavy (non-hydrogen) atoms. The van der Waals surface area contributed by atoms with Crippen molar-refractivity contribution >= 4 is 27.7 Å². The fraction of sp³-hybridized carbons (Fsp3) is 0.235. The number of halogens is 1. The smallest absolute Gasteiger partial charge is 0.254 e. The molecule has 1 aromatic carbocycles. The molecule has 1 aromatic heterocycles. The molecule has 1 saturated heterocycles. The van der Waals surface area contributed by atoms with E-state index >= 15 is 0 Å². The number of piperazine rings is 1. The SMILES string of the molecule is O=C(c1ccncc1)N1CCN(C(=O)c2cccc(Br)c2)CC1. The van der Waals surface area contributed by atoms with Crippen molar-refractivity contribution in [3.05, 3.63) is 64.4 Å². The van der Waals surface area contributed by atoms with Gasteiger partial charge < -0.3 is 9.80 Å². The van der Waals surface area contributed by atoms with Crippen LogP contribution in [0.25, 0.3) is 0 Å². The number of rotatable bonds is 2. The Morgan fingerprint density at radius 1 is 0.870 bits per heavy atom. The Morgan fingerprint density at radius 3 is 2.00 bits per heavy atom. The highest BCUT2D eigenvalue weighted by Gasteiger charge is 2.25. The number of hydrogen-bond acceptors (Lipinski definition) is 3. The summed E-state index contributed by atoms with van der Waals surface area (Å²) in [5, 5.41) is 0. The normalized spacial score (nSPS) is 14.7. The zero-order valence-corrected chi connectivity index (χ0v) is 14.1. The van der Waals surface area contributed by atoms with Crippen LogP contribution >= 0.6 is 15.9 Å². The van der Waals surface area contributed by atoms with Gasteiger partial charge >= 0.3 is 0 Å². The summed E-state index contributed by atoms with van der Waals surface area (Å²) < 4.78 is 0.884. The molecule has 1 aliphatic heterocycles. The molecule has 0 bridgehead atoms. The van der Waals surface area contributed by atoms with Gasteiger partial charge in [0.25, 0.3) is 11.8 Å². The van der Waals surface area contributed by atoms with Crippen LogP contribution in [0, 0.1) is 0 Å². The molecule has 0 spiro atoms. The summed E-state index contributed by atoms with van der Waals surface area (Å²) in [6, 6.07) is 10.8. The van der Waals surface area contributed by atoms with Crippen molar-refractivity contribution in [3.8, 4) is 0 Å². The summed E-state index contributed by atoms with van der Waals surface area (Å²) in [6.45, 7) is 2.17. The van der Waals surface area contributed by atoms with Crippen LogP contribution in [0.5, 0.6) is 0 Å². The van der Waals surface area contributed by atoms with Crippen LogP contribution in [0.1, 0.15) is 20.7 Å². The van der Waals surface area contributed by atoms with Gasteiger partial charge in [-0.1, -0.05) is 22.0 Å². The van der Waals surface area contributed by atoms with Gasteiger partial charge in [0.2, 0.25) is 0 Å². The Balaban J connectivity index is 1.62. The van der Waals surface area contributed by atoms with E-state index in [0.29, 0.717) is 37.3 Å². The van der Waals surface area contributed by atoms with Gasteiger partial charge in [-0.05, 0) is 30.3 Å². The first kappa shape index (κ1) is 15.7. The predicted molar refractivity (Wildman–Crippen MR) is 90.2 cm³/mol. The van der Waals surface area contributed by atoms with Gasteiger partial charge in [-0.2, -0.15) is 0 Å². The van der Waals surface area contributed by atoms with E-state index in [9.17, 15) is 9.59 Å². The second-order valence-corrected chi connectivity index (χ2v) is 6.25. The van der Waals surface area contributed by atoms with Crippen LogP contribution in [0.3, 0.4) is 0 Å². The fourth-order valence-corrected chi connectivity index (χ4v) is 2.99. The maximum absolute atomic E-state index is 12.5. The zero-order chi connectivity index (χ0) is 16.2. The molecule has 118 valence electrons.